The summed E-state index contributed by atoms with van der Waals surface area (Å²) in [5.74, 6) is -0.117. The maximum Gasteiger partial charge on any atom is 0.274 e. The summed E-state index contributed by atoms with van der Waals surface area (Å²) in [6.45, 7) is 0.547. The van der Waals surface area contributed by atoms with E-state index in [1.807, 2.05) is 60.7 Å². The van der Waals surface area contributed by atoms with Gasteiger partial charge in [-0.3, -0.25) is 9.59 Å². The highest BCUT2D eigenvalue weighted by Gasteiger charge is 2.14. The second-order valence-electron chi connectivity index (χ2n) is 5.91. The minimum absolute atomic E-state index is 0.0998. The third kappa shape index (κ3) is 4.36. The Morgan fingerprint density at radius 3 is 2.35 bits per heavy atom. The van der Waals surface area contributed by atoms with E-state index in [2.05, 4.69) is 15.3 Å². The van der Waals surface area contributed by atoms with Crippen LogP contribution in [0.25, 0.3) is 11.4 Å². The normalized spacial score (nSPS) is 10.5. The minimum Gasteiger partial charge on any atom is -0.379 e. The van der Waals surface area contributed by atoms with Crippen molar-refractivity contribution in [3.63, 3.8) is 0 Å². The van der Waals surface area contributed by atoms with Gasteiger partial charge in [0.25, 0.3) is 5.56 Å². The molecular formula is C20H20N4O2. The molecule has 132 valence electrons. The third-order valence-corrected chi connectivity index (χ3v) is 3.94. The topological polar surface area (TPSA) is 101 Å². The van der Waals surface area contributed by atoms with Gasteiger partial charge in [-0.25, -0.2) is 4.98 Å². The Bertz CT molecular complexity index is 937. The second-order valence-corrected chi connectivity index (χ2v) is 5.91. The van der Waals surface area contributed by atoms with Crippen molar-refractivity contribution >= 4 is 11.6 Å². The number of H-pyrrole nitrogens is 1. The molecule has 6 heteroatoms. The van der Waals surface area contributed by atoms with E-state index in [4.69, 9.17) is 5.73 Å². The molecular weight excluding hydrogens is 328 g/mol. The lowest BCUT2D eigenvalue weighted by Gasteiger charge is -2.11. The summed E-state index contributed by atoms with van der Waals surface area (Å²) < 4.78 is 0. The molecule has 0 radical (unpaired) electrons. The summed E-state index contributed by atoms with van der Waals surface area (Å²) in [7, 11) is 0. The largest absolute Gasteiger partial charge is 0.379 e. The van der Waals surface area contributed by atoms with Crippen molar-refractivity contribution < 1.29 is 4.79 Å². The van der Waals surface area contributed by atoms with Crippen molar-refractivity contribution in [1.82, 2.24) is 9.97 Å². The summed E-state index contributed by atoms with van der Waals surface area (Å²) in [5, 5.41) is 3.10. The number of nitrogens with one attached hydrogen (secondary N) is 2. The Labute approximate surface area is 151 Å². The van der Waals surface area contributed by atoms with Crippen LogP contribution in [-0.4, -0.2) is 22.4 Å². The Morgan fingerprint density at radius 1 is 1.04 bits per heavy atom. The molecule has 0 saturated heterocycles. The smallest absolute Gasteiger partial charge is 0.274 e. The van der Waals surface area contributed by atoms with Crippen LogP contribution in [0.3, 0.4) is 0 Å². The molecule has 0 saturated carbocycles. The van der Waals surface area contributed by atoms with E-state index in [0.29, 0.717) is 23.8 Å². The molecule has 4 N–H and O–H groups in total. The number of hydrogen-bond acceptors (Lipinski definition) is 4. The number of nitrogens with zero attached hydrogens (tertiary/aromatic N) is 1. The van der Waals surface area contributed by atoms with E-state index < -0.39 is 5.91 Å². The van der Waals surface area contributed by atoms with Crippen molar-refractivity contribution in [2.45, 2.75) is 12.8 Å². The van der Waals surface area contributed by atoms with E-state index in [-0.39, 0.29) is 12.0 Å². The number of carbonyl (C=O) groups excluding carboxylic acids is 1. The summed E-state index contributed by atoms with van der Waals surface area (Å²) in [4.78, 5) is 31.2. The van der Waals surface area contributed by atoms with Crippen LogP contribution in [-0.2, 0) is 17.6 Å². The second kappa shape index (κ2) is 8.11. The zero-order chi connectivity index (χ0) is 18.4. The Kier molecular flexibility index (Phi) is 5.43. The maximum absolute atomic E-state index is 12.5. The summed E-state index contributed by atoms with van der Waals surface area (Å²) >= 11 is 0. The summed E-state index contributed by atoms with van der Waals surface area (Å²) in [6.07, 6.45) is 0.647. The number of primary amides is 1. The molecule has 1 heterocycles. The molecule has 0 atom stereocenters. The molecule has 3 aromatic rings. The fraction of sp³-hybridized carbons (Fsp3) is 0.150. The lowest BCUT2D eigenvalue weighted by Crippen LogP contribution is -2.24. The first-order valence-corrected chi connectivity index (χ1v) is 8.38. The van der Waals surface area contributed by atoms with Gasteiger partial charge in [-0.1, -0.05) is 60.7 Å². The lowest BCUT2D eigenvalue weighted by atomic mass is 10.1. The van der Waals surface area contributed by atoms with E-state index >= 15 is 0 Å². The SMILES string of the molecule is NC(=O)Cc1nc(-c2ccccc2)[nH]c(=O)c1NCCc1ccccc1. The van der Waals surface area contributed by atoms with Crippen molar-refractivity contribution in [3.05, 3.63) is 82.3 Å². The van der Waals surface area contributed by atoms with Gasteiger partial charge in [-0.05, 0) is 12.0 Å². The van der Waals surface area contributed by atoms with Crippen LogP contribution in [0.4, 0.5) is 5.69 Å². The molecule has 0 bridgehead atoms. The molecule has 26 heavy (non-hydrogen) atoms. The molecule has 0 fully saturated rings. The number of amides is 1. The standard InChI is InChI=1S/C20H20N4O2/c21-17(25)13-16-18(22-12-11-14-7-3-1-4-8-14)20(26)24-19(23-16)15-9-5-2-6-10-15/h1-10,22H,11-13H2,(H2,21,25)(H,23,24,26). The number of hydrogen-bond donors (Lipinski definition) is 3. The van der Waals surface area contributed by atoms with Crippen molar-refractivity contribution in [3.8, 4) is 11.4 Å². The summed E-state index contributed by atoms with van der Waals surface area (Å²) in [6, 6.07) is 19.2. The van der Waals surface area contributed by atoms with Gasteiger partial charge in [0.15, 0.2) is 0 Å². The molecule has 0 unspecified atom stereocenters. The molecule has 1 aromatic heterocycles. The molecule has 0 aliphatic rings. The van der Waals surface area contributed by atoms with Crippen LogP contribution < -0.4 is 16.6 Å². The molecule has 6 nitrogen and oxygen atoms in total. The van der Waals surface area contributed by atoms with Gasteiger partial charge >= 0.3 is 0 Å². The molecule has 0 spiro atoms. The van der Waals surface area contributed by atoms with Crippen LogP contribution in [0.2, 0.25) is 0 Å². The minimum atomic E-state index is -0.534. The third-order valence-electron chi connectivity index (χ3n) is 3.94. The van der Waals surface area contributed by atoms with Gasteiger partial charge < -0.3 is 16.0 Å². The number of rotatable bonds is 7. The highest BCUT2D eigenvalue weighted by atomic mass is 16.1. The molecule has 2 aromatic carbocycles. The predicted molar refractivity (Wildman–Crippen MR) is 102 cm³/mol. The van der Waals surface area contributed by atoms with E-state index in [1.165, 1.54) is 0 Å². The van der Waals surface area contributed by atoms with Gasteiger partial charge in [0.05, 0.1) is 12.1 Å². The van der Waals surface area contributed by atoms with Gasteiger partial charge in [0, 0.05) is 12.1 Å². The maximum atomic E-state index is 12.5. The van der Waals surface area contributed by atoms with Crippen LogP contribution in [0, 0.1) is 0 Å². The Morgan fingerprint density at radius 2 is 1.69 bits per heavy atom. The fourth-order valence-electron chi connectivity index (χ4n) is 2.70. The van der Waals surface area contributed by atoms with Gasteiger partial charge in [-0.2, -0.15) is 0 Å². The van der Waals surface area contributed by atoms with Crippen LogP contribution in [0.1, 0.15) is 11.3 Å². The van der Waals surface area contributed by atoms with E-state index in [1.54, 1.807) is 0 Å². The number of carbonyl (C=O) groups is 1. The quantitative estimate of drug-likeness (QED) is 0.609. The Hall–Kier alpha value is -3.41. The van der Waals surface area contributed by atoms with Crippen molar-refractivity contribution in [2.24, 2.45) is 5.73 Å². The van der Waals surface area contributed by atoms with Gasteiger partial charge in [0.1, 0.15) is 11.5 Å². The zero-order valence-electron chi connectivity index (χ0n) is 14.2. The number of aromatic amines is 1. The van der Waals surface area contributed by atoms with Crippen molar-refractivity contribution in [1.29, 1.82) is 0 Å². The van der Waals surface area contributed by atoms with Crippen LogP contribution >= 0.6 is 0 Å². The highest BCUT2D eigenvalue weighted by molar-refractivity contribution is 5.78. The van der Waals surface area contributed by atoms with Crippen LogP contribution in [0.5, 0.6) is 0 Å². The molecule has 3 rings (SSSR count). The lowest BCUT2D eigenvalue weighted by molar-refractivity contribution is -0.117. The zero-order valence-corrected chi connectivity index (χ0v) is 14.2. The van der Waals surface area contributed by atoms with Crippen molar-refractivity contribution in [2.75, 3.05) is 11.9 Å². The van der Waals surface area contributed by atoms with E-state index in [9.17, 15) is 9.59 Å². The van der Waals surface area contributed by atoms with Gasteiger partial charge in [-0.15, -0.1) is 0 Å². The molecule has 1 amide bonds. The summed E-state index contributed by atoms with van der Waals surface area (Å²) in [5.41, 5.74) is 7.59. The Balaban J connectivity index is 1.86. The van der Waals surface area contributed by atoms with E-state index in [0.717, 1.165) is 17.5 Å². The first-order valence-electron chi connectivity index (χ1n) is 8.38. The van der Waals surface area contributed by atoms with Crippen LogP contribution in [0.15, 0.2) is 65.5 Å². The van der Waals surface area contributed by atoms with Gasteiger partial charge in [0.2, 0.25) is 5.91 Å². The number of benzene rings is 2. The average Bonchev–Trinajstić information content (AvgIpc) is 2.65. The first kappa shape index (κ1) is 17.4. The average molecular weight is 348 g/mol. The number of nitrogens with two attached hydrogens (primary N) is 1. The number of anilines is 1. The first-order chi connectivity index (χ1) is 12.6. The fourth-order valence-corrected chi connectivity index (χ4v) is 2.70. The highest BCUT2D eigenvalue weighted by Crippen LogP contribution is 2.16. The molecule has 0 aliphatic heterocycles. The number of aromatic nitrogens is 2. The molecule has 0 aliphatic carbocycles. The predicted octanol–water partition coefficient (Wildman–Crippen LogP) is 2.12. The monoisotopic (exact) mass is 348 g/mol.